The van der Waals surface area contributed by atoms with Gasteiger partial charge in [-0.05, 0) is 72.8 Å². The lowest BCUT2D eigenvalue weighted by Gasteiger charge is -2.06. The average molecular weight is 557 g/mol. The topological polar surface area (TPSA) is 118 Å². The summed E-state index contributed by atoms with van der Waals surface area (Å²) in [6.45, 7) is 0. The summed E-state index contributed by atoms with van der Waals surface area (Å²) in [7, 11) is 0. The van der Waals surface area contributed by atoms with Gasteiger partial charge in [-0.15, -0.1) is 0 Å². The van der Waals surface area contributed by atoms with Crippen molar-refractivity contribution in [1.82, 2.24) is 0 Å². The van der Waals surface area contributed by atoms with Gasteiger partial charge in [0.1, 0.15) is 23.0 Å². The average Bonchev–Trinajstić information content (AvgIpc) is 3.01. The Kier molecular flexibility index (Phi) is 8.45. The molecule has 0 fully saturated rings. The fraction of sp³-hybridized carbons (Fsp3) is 0. The number of nitrogens with zero attached hydrogens (tertiary/aromatic N) is 2. The van der Waals surface area contributed by atoms with Crippen LogP contribution in [0.3, 0.4) is 0 Å². The number of phenolic OH excluding ortho intramolecular Hbond substituents is 2. The van der Waals surface area contributed by atoms with Crippen molar-refractivity contribution in [2.24, 2.45) is 9.98 Å². The fourth-order valence-corrected chi connectivity index (χ4v) is 3.83. The number of aromatic hydroxyl groups is 2. The molecule has 0 amide bonds. The molecule has 0 atom stereocenters. The summed E-state index contributed by atoms with van der Waals surface area (Å²) in [5.74, 6) is -0.664. The number of carbonyl (C=O) groups excluding carboxylic acids is 2. The van der Waals surface area contributed by atoms with E-state index in [0.717, 1.165) is 0 Å². The van der Waals surface area contributed by atoms with Crippen molar-refractivity contribution < 1.29 is 29.3 Å². The number of phenols is 2. The number of para-hydroxylation sites is 4. The van der Waals surface area contributed by atoms with Gasteiger partial charge in [-0.25, -0.2) is 9.59 Å². The molecule has 0 aliphatic carbocycles. The minimum atomic E-state index is -0.593. The maximum atomic E-state index is 12.4. The molecular formula is C34H24N2O6. The summed E-state index contributed by atoms with van der Waals surface area (Å²) in [6, 6.07) is 33.2. The normalized spacial score (nSPS) is 11.0. The standard InChI is InChI=1S/C34H24N2O6/c37-31-19-23(33(39)41-27-9-3-1-4-10-27)15-17-25(31)21-35-29-13-7-8-14-30(29)36-22-26-18-16-24(20-32(26)38)34(40)42-28-11-5-2-6-12-28/h1-22,37-38H. The molecule has 0 aliphatic heterocycles. The van der Waals surface area contributed by atoms with Crippen LogP contribution in [0.1, 0.15) is 31.8 Å². The predicted octanol–water partition coefficient (Wildman–Crippen LogP) is 7.04. The highest BCUT2D eigenvalue weighted by atomic mass is 16.5. The van der Waals surface area contributed by atoms with Crippen molar-refractivity contribution in [3.05, 3.63) is 144 Å². The number of hydrogen-bond acceptors (Lipinski definition) is 8. The van der Waals surface area contributed by atoms with Crippen molar-refractivity contribution in [1.29, 1.82) is 0 Å². The van der Waals surface area contributed by atoms with Crippen LogP contribution in [0.15, 0.2) is 131 Å². The van der Waals surface area contributed by atoms with Crippen LogP contribution in [0.25, 0.3) is 0 Å². The zero-order valence-corrected chi connectivity index (χ0v) is 22.1. The highest BCUT2D eigenvalue weighted by molar-refractivity contribution is 5.95. The lowest BCUT2D eigenvalue weighted by molar-refractivity contribution is 0.0725. The van der Waals surface area contributed by atoms with Gasteiger partial charge >= 0.3 is 11.9 Å². The first-order valence-electron chi connectivity index (χ1n) is 12.8. The fourth-order valence-electron chi connectivity index (χ4n) is 3.83. The third-order valence-electron chi connectivity index (χ3n) is 6.01. The Hall–Kier alpha value is -6.02. The largest absolute Gasteiger partial charge is 0.507 e. The van der Waals surface area contributed by atoms with Crippen LogP contribution >= 0.6 is 0 Å². The molecule has 0 unspecified atom stereocenters. The molecule has 0 saturated carbocycles. The Morgan fingerprint density at radius 1 is 0.524 bits per heavy atom. The van der Waals surface area contributed by atoms with Gasteiger partial charge in [0.2, 0.25) is 0 Å². The number of esters is 2. The van der Waals surface area contributed by atoms with Gasteiger partial charge in [0.05, 0.1) is 22.5 Å². The Morgan fingerprint density at radius 3 is 1.29 bits per heavy atom. The minimum absolute atomic E-state index is 0.141. The number of rotatable bonds is 8. The van der Waals surface area contributed by atoms with E-state index < -0.39 is 11.9 Å². The molecule has 8 heteroatoms. The summed E-state index contributed by atoms with van der Waals surface area (Å²) in [6.07, 6.45) is 2.92. The Balaban J connectivity index is 1.28. The molecule has 0 aromatic heterocycles. The quantitative estimate of drug-likeness (QED) is 0.120. The van der Waals surface area contributed by atoms with Gasteiger partial charge in [-0.1, -0.05) is 48.5 Å². The third kappa shape index (κ3) is 6.94. The van der Waals surface area contributed by atoms with Crippen LogP contribution in [0, 0.1) is 0 Å². The monoisotopic (exact) mass is 556 g/mol. The van der Waals surface area contributed by atoms with Crippen molar-refractivity contribution in [3.63, 3.8) is 0 Å². The molecule has 8 nitrogen and oxygen atoms in total. The van der Waals surface area contributed by atoms with Gasteiger partial charge in [-0.3, -0.25) is 9.98 Å². The molecule has 0 aliphatic rings. The molecule has 5 rings (SSSR count). The number of carbonyl (C=O) groups is 2. The third-order valence-corrected chi connectivity index (χ3v) is 6.01. The summed E-state index contributed by atoms with van der Waals surface area (Å²) in [4.78, 5) is 33.7. The smallest absolute Gasteiger partial charge is 0.343 e. The van der Waals surface area contributed by atoms with Crippen LogP contribution in [-0.2, 0) is 0 Å². The van der Waals surface area contributed by atoms with Crippen LogP contribution in [-0.4, -0.2) is 34.6 Å². The van der Waals surface area contributed by atoms with Crippen molar-refractivity contribution in [2.75, 3.05) is 0 Å². The van der Waals surface area contributed by atoms with E-state index in [0.29, 0.717) is 34.0 Å². The minimum Gasteiger partial charge on any atom is -0.507 e. The van der Waals surface area contributed by atoms with E-state index in [1.54, 1.807) is 97.1 Å². The molecule has 0 bridgehead atoms. The molecule has 2 N–H and O–H groups in total. The Bertz CT molecular complexity index is 1650. The van der Waals surface area contributed by atoms with Gasteiger partial charge in [0.15, 0.2) is 0 Å². The van der Waals surface area contributed by atoms with Gasteiger partial charge in [-0.2, -0.15) is 0 Å². The summed E-state index contributed by atoms with van der Waals surface area (Å²) < 4.78 is 10.6. The molecule has 0 heterocycles. The number of ether oxygens (including phenoxy) is 2. The first kappa shape index (κ1) is 27.5. The summed E-state index contributed by atoms with van der Waals surface area (Å²) >= 11 is 0. The molecule has 5 aromatic rings. The second kappa shape index (κ2) is 12.9. The van der Waals surface area contributed by atoms with Crippen molar-refractivity contribution in [2.45, 2.75) is 0 Å². The molecule has 0 saturated heterocycles. The van der Waals surface area contributed by atoms with E-state index in [1.165, 1.54) is 24.6 Å². The first-order chi connectivity index (χ1) is 20.5. The van der Waals surface area contributed by atoms with Crippen molar-refractivity contribution in [3.8, 4) is 23.0 Å². The molecular weight excluding hydrogens is 532 g/mol. The van der Waals surface area contributed by atoms with Crippen LogP contribution < -0.4 is 9.47 Å². The molecule has 42 heavy (non-hydrogen) atoms. The Labute approximate surface area is 241 Å². The van der Waals surface area contributed by atoms with E-state index in [-0.39, 0.29) is 22.6 Å². The van der Waals surface area contributed by atoms with Gasteiger partial charge in [0.25, 0.3) is 0 Å². The van der Waals surface area contributed by atoms with Gasteiger partial charge < -0.3 is 19.7 Å². The molecule has 206 valence electrons. The zero-order chi connectivity index (χ0) is 29.3. The highest BCUT2D eigenvalue weighted by Crippen LogP contribution is 2.29. The van der Waals surface area contributed by atoms with E-state index in [9.17, 15) is 19.8 Å². The van der Waals surface area contributed by atoms with E-state index in [2.05, 4.69) is 9.98 Å². The van der Waals surface area contributed by atoms with Gasteiger partial charge in [0, 0.05) is 23.6 Å². The number of aliphatic imine (C=N–C) groups is 2. The zero-order valence-electron chi connectivity index (χ0n) is 22.1. The van der Waals surface area contributed by atoms with Crippen LogP contribution in [0.5, 0.6) is 23.0 Å². The summed E-state index contributed by atoms with van der Waals surface area (Å²) in [5.41, 5.74) is 2.17. The van der Waals surface area contributed by atoms with E-state index in [4.69, 9.17) is 9.47 Å². The lowest BCUT2D eigenvalue weighted by Crippen LogP contribution is -2.08. The summed E-state index contributed by atoms with van der Waals surface area (Å²) in [5, 5.41) is 21.0. The van der Waals surface area contributed by atoms with Crippen LogP contribution in [0.4, 0.5) is 11.4 Å². The second-order valence-corrected chi connectivity index (χ2v) is 8.96. The lowest BCUT2D eigenvalue weighted by atomic mass is 10.1. The number of hydrogen-bond donors (Lipinski definition) is 2. The maximum Gasteiger partial charge on any atom is 0.343 e. The highest BCUT2D eigenvalue weighted by Gasteiger charge is 2.13. The first-order valence-corrected chi connectivity index (χ1v) is 12.8. The molecule has 5 aromatic carbocycles. The van der Waals surface area contributed by atoms with Crippen molar-refractivity contribution >= 4 is 35.7 Å². The molecule has 0 radical (unpaired) electrons. The van der Waals surface area contributed by atoms with E-state index in [1.807, 2.05) is 12.1 Å². The SMILES string of the molecule is O=C(Oc1ccccc1)c1ccc(C=Nc2ccccc2N=Cc2ccc(C(=O)Oc3ccccc3)cc2O)c(O)c1. The van der Waals surface area contributed by atoms with E-state index >= 15 is 0 Å². The van der Waals surface area contributed by atoms with Crippen LogP contribution in [0.2, 0.25) is 0 Å². The molecule has 0 spiro atoms. The Morgan fingerprint density at radius 2 is 0.905 bits per heavy atom. The predicted molar refractivity (Wildman–Crippen MR) is 160 cm³/mol. The second-order valence-electron chi connectivity index (χ2n) is 8.96. The number of benzene rings is 5. The maximum absolute atomic E-state index is 12.4.